The van der Waals surface area contributed by atoms with Crippen LogP contribution in [0.3, 0.4) is 0 Å². The highest BCUT2D eigenvalue weighted by Gasteiger charge is 2.32. The maximum absolute atomic E-state index is 13.1. The number of nitrogens with zero attached hydrogens (tertiary/aromatic N) is 3. The third-order valence-corrected chi connectivity index (χ3v) is 8.48. The zero-order valence-electron chi connectivity index (χ0n) is 18.2. The fourth-order valence-corrected chi connectivity index (χ4v) is 6.19. The van der Waals surface area contributed by atoms with Gasteiger partial charge < -0.3 is 9.64 Å². The Morgan fingerprint density at radius 3 is 2.38 bits per heavy atom. The minimum atomic E-state index is -3.60. The number of rotatable bonds is 5. The van der Waals surface area contributed by atoms with Crippen LogP contribution in [0.5, 0.6) is 5.75 Å². The zero-order valence-corrected chi connectivity index (χ0v) is 19.9. The quantitative estimate of drug-likeness (QED) is 0.568. The number of hydrogen-bond acceptors (Lipinski definition) is 6. The summed E-state index contributed by atoms with van der Waals surface area (Å²) >= 11 is 1.41. The molecule has 2 aromatic carbocycles. The molecule has 4 rings (SSSR count). The van der Waals surface area contributed by atoms with Crippen molar-refractivity contribution < 1.29 is 17.9 Å². The molecule has 2 heterocycles. The molecule has 32 heavy (non-hydrogen) atoms. The second kappa shape index (κ2) is 9.01. The van der Waals surface area contributed by atoms with Crippen LogP contribution in [0, 0.1) is 13.8 Å². The van der Waals surface area contributed by atoms with Gasteiger partial charge in [-0.25, -0.2) is 13.4 Å². The number of piperazine rings is 1. The van der Waals surface area contributed by atoms with Gasteiger partial charge in [-0.2, -0.15) is 4.31 Å². The van der Waals surface area contributed by atoms with Crippen LogP contribution in [0.4, 0.5) is 0 Å². The van der Waals surface area contributed by atoms with Crippen LogP contribution < -0.4 is 4.74 Å². The number of sulfonamides is 1. The lowest BCUT2D eigenvalue weighted by molar-refractivity contribution is 0.0693. The molecule has 0 radical (unpaired) electrons. The van der Waals surface area contributed by atoms with Crippen molar-refractivity contribution in [2.45, 2.75) is 18.7 Å². The fraction of sp³-hybridized carbons (Fsp3) is 0.304. The van der Waals surface area contributed by atoms with Gasteiger partial charge in [0, 0.05) is 37.1 Å². The van der Waals surface area contributed by atoms with E-state index in [1.807, 2.05) is 43.3 Å². The second-order valence-electron chi connectivity index (χ2n) is 7.73. The van der Waals surface area contributed by atoms with Crippen molar-refractivity contribution in [3.05, 3.63) is 64.7 Å². The van der Waals surface area contributed by atoms with E-state index in [0.717, 1.165) is 27.4 Å². The number of thiazole rings is 1. The van der Waals surface area contributed by atoms with Crippen molar-refractivity contribution in [1.29, 1.82) is 0 Å². The third kappa shape index (κ3) is 4.41. The van der Waals surface area contributed by atoms with E-state index >= 15 is 0 Å². The summed E-state index contributed by atoms with van der Waals surface area (Å²) in [6, 6.07) is 13.0. The number of methoxy groups -OCH3 is 1. The Morgan fingerprint density at radius 2 is 1.72 bits per heavy atom. The van der Waals surface area contributed by atoms with Crippen molar-refractivity contribution in [3.8, 4) is 16.3 Å². The third-order valence-electron chi connectivity index (χ3n) is 5.55. The largest absolute Gasteiger partial charge is 0.497 e. The molecular formula is C23H25N3O4S2. The number of ether oxygens (including phenoxy) is 1. The summed E-state index contributed by atoms with van der Waals surface area (Å²) in [7, 11) is -1.98. The lowest BCUT2D eigenvalue weighted by Crippen LogP contribution is -2.50. The van der Waals surface area contributed by atoms with Gasteiger partial charge in [-0.05, 0) is 55.3 Å². The number of benzene rings is 2. The molecule has 1 aromatic heterocycles. The molecule has 0 bridgehead atoms. The van der Waals surface area contributed by atoms with Crippen molar-refractivity contribution in [2.75, 3.05) is 33.3 Å². The fourth-order valence-electron chi connectivity index (χ4n) is 3.66. The van der Waals surface area contributed by atoms with Gasteiger partial charge in [0.2, 0.25) is 10.0 Å². The predicted octanol–water partition coefficient (Wildman–Crippen LogP) is 3.58. The number of aryl methyl sites for hydroxylation is 2. The molecule has 7 nitrogen and oxygen atoms in total. The van der Waals surface area contributed by atoms with Gasteiger partial charge in [-0.15, -0.1) is 11.3 Å². The molecule has 1 amide bonds. The summed E-state index contributed by atoms with van der Waals surface area (Å²) in [5.41, 5.74) is 2.92. The Hall–Kier alpha value is -2.75. The first-order valence-electron chi connectivity index (χ1n) is 10.3. The second-order valence-corrected chi connectivity index (χ2v) is 10.5. The molecule has 0 unspecified atom stereocenters. The Bertz CT molecular complexity index is 1230. The van der Waals surface area contributed by atoms with Crippen LogP contribution in [-0.2, 0) is 10.0 Å². The van der Waals surface area contributed by atoms with Gasteiger partial charge >= 0.3 is 0 Å². The standard InChI is InChI=1S/C23H25N3O4S2/c1-16-4-5-17(2)21(14-16)32(28,29)26-12-10-25(11-13-26)23(27)20-15-31-22(24-20)18-6-8-19(30-3)9-7-18/h4-9,14-15H,10-13H2,1-3H3. The highest BCUT2D eigenvalue weighted by molar-refractivity contribution is 7.89. The van der Waals surface area contributed by atoms with Crippen molar-refractivity contribution in [1.82, 2.24) is 14.2 Å². The first kappa shape index (κ1) is 22.4. The molecule has 1 saturated heterocycles. The van der Waals surface area contributed by atoms with Crippen LogP contribution in [0.2, 0.25) is 0 Å². The number of carbonyl (C=O) groups excluding carboxylic acids is 1. The van der Waals surface area contributed by atoms with Crippen LogP contribution >= 0.6 is 11.3 Å². The summed E-state index contributed by atoms with van der Waals surface area (Å²) in [5, 5.41) is 2.51. The number of carbonyl (C=O) groups is 1. The molecule has 9 heteroatoms. The molecule has 1 fully saturated rings. The Labute approximate surface area is 192 Å². The van der Waals surface area contributed by atoms with E-state index in [2.05, 4.69) is 4.98 Å². The Morgan fingerprint density at radius 1 is 1.03 bits per heavy atom. The van der Waals surface area contributed by atoms with Gasteiger partial charge in [0.25, 0.3) is 5.91 Å². The maximum atomic E-state index is 13.1. The minimum Gasteiger partial charge on any atom is -0.497 e. The van der Waals surface area contributed by atoms with Crippen LogP contribution in [0.25, 0.3) is 10.6 Å². The highest BCUT2D eigenvalue weighted by atomic mass is 32.2. The highest BCUT2D eigenvalue weighted by Crippen LogP contribution is 2.27. The summed E-state index contributed by atoms with van der Waals surface area (Å²) in [6.07, 6.45) is 0. The van der Waals surface area contributed by atoms with Crippen LogP contribution in [-0.4, -0.2) is 61.8 Å². The Balaban J connectivity index is 1.44. The predicted molar refractivity (Wildman–Crippen MR) is 125 cm³/mol. The molecule has 0 atom stereocenters. The molecule has 0 spiro atoms. The van der Waals surface area contributed by atoms with Gasteiger partial charge in [0.1, 0.15) is 16.5 Å². The van der Waals surface area contributed by atoms with Crippen molar-refractivity contribution >= 4 is 27.3 Å². The lowest BCUT2D eigenvalue weighted by atomic mass is 10.2. The van der Waals surface area contributed by atoms with E-state index < -0.39 is 10.0 Å². The number of amides is 1. The van der Waals surface area contributed by atoms with E-state index in [9.17, 15) is 13.2 Å². The van der Waals surface area contributed by atoms with Crippen LogP contribution in [0.1, 0.15) is 21.6 Å². The topological polar surface area (TPSA) is 79.8 Å². The smallest absolute Gasteiger partial charge is 0.273 e. The summed E-state index contributed by atoms with van der Waals surface area (Å²) in [4.78, 5) is 19.5. The monoisotopic (exact) mass is 471 g/mol. The Kier molecular flexibility index (Phi) is 6.32. The molecule has 3 aromatic rings. The molecule has 0 saturated carbocycles. The molecule has 1 aliphatic heterocycles. The van der Waals surface area contributed by atoms with Gasteiger partial charge in [-0.1, -0.05) is 12.1 Å². The summed E-state index contributed by atoms with van der Waals surface area (Å²) in [5.74, 6) is 0.583. The molecule has 0 aliphatic carbocycles. The van der Waals surface area contributed by atoms with Gasteiger partial charge in [0.05, 0.1) is 12.0 Å². The normalized spacial score (nSPS) is 15.0. The average molecular weight is 472 g/mol. The number of hydrogen-bond donors (Lipinski definition) is 0. The summed E-state index contributed by atoms with van der Waals surface area (Å²) < 4.78 is 32.9. The number of aromatic nitrogens is 1. The lowest BCUT2D eigenvalue weighted by Gasteiger charge is -2.34. The van der Waals surface area contributed by atoms with Crippen LogP contribution in [0.15, 0.2) is 52.7 Å². The van der Waals surface area contributed by atoms with Gasteiger partial charge in [0.15, 0.2) is 0 Å². The molecule has 0 N–H and O–H groups in total. The van der Waals surface area contributed by atoms with Crippen molar-refractivity contribution in [3.63, 3.8) is 0 Å². The van der Waals surface area contributed by atoms with E-state index in [1.54, 1.807) is 30.4 Å². The molecular weight excluding hydrogens is 446 g/mol. The zero-order chi connectivity index (χ0) is 22.9. The SMILES string of the molecule is COc1ccc(-c2nc(C(=O)N3CCN(S(=O)(=O)c4cc(C)ccc4C)CC3)cs2)cc1. The average Bonchev–Trinajstić information content (AvgIpc) is 3.30. The van der Waals surface area contributed by atoms with E-state index in [1.165, 1.54) is 15.6 Å². The van der Waals surface area contributed by atoms with Crippen molar-refractivity contribution in [2.24, 2.45) is 0 Å². The maximum Gasteiger partial charge on any atom is 0.273 e. The first-order valence-corrected chi connectivity index (χ1v) is 12.6. The van der Waals surface area contributed by atoms with E-state index in [0.29, 0.717) is 23.7 Å². The van der Waals surface area contributed by atoms with E-state index in [-0.39, 0.29) is 19.0 Å². The van der Waals surface area contributed by atoms with E-state index in [4.69, 9.17) is 4.74 Å². The summed E-state index contributed by atoms with van der Waals surface area (Å²) in [6.45, 7) is 4.86. The molecule has 168 valence electrons. The first-order chi connectivity index (χ1) is 15.3. The minimum absolute atomic E-state index is 0.176. The van der Waals surface area contributed by atoms with Gasteiger partial charge in [-0.3, -0.25) is 4.79 Å². The molecule has 1 aliphatic rings.